The fourth-order valence-electron chi connectivity index (χ4n) is 3.57. The SMILES string of the molecule is NC(=O)CCC(NC(=O)C(N)CO)C(=O)NC(CC(=O)O)C(=O)NC(Cc1c[nH]c2ccccc12)C(=O)O. The third-order valence-corrected chi connectivity index (χ3v) is 5.57. The monoisotopic (exact) mass is 534 g/mol. The summed E-state index contributed by atoms with van der Waals surface area (Å²) >= 11 is 0. The van der Waals surface area contributed by atoms with Gasteiger partial charge in [0.05, 0.1) is 13.0 Å². The van der Waals surface area contributed by atoms with Crippen LogP contribution in [0.1, 0.15) is 24.8 Å². The molecule has 4 amide bonds. The third-order valence-electron chi connectivity index (χ3n) is 5.57. The van der Waals surface area contributed by atoms with Gasteiger partial charge in [0.1, 0.15) is 24.2 Å². The van der Waals surface area contributed by atoms with Crippen molar-refractivity contribution in [2.24, 2.45) is 11.5 Å². The second-order valence-electron chi connectivity index (χ2n) is 8.48. The molecule has 0 saturated carbocycles. The molecule has 0 aliphatic heterocycles. The van der Waals surface area contributed by atoms with Crippen LogP contribution in [0, 0.1) is 0 Å². The van der Waals surface area contributed by atoms with E-state index in [1.807, 2.05) is 0 Å². The zero-order chi connectivity index (χ0) is 28.4. The number of aromatic amines is 1. The van der Waals surface area contributed by atoms with Gasteiger partial charge in [-0.15, -0.1) is 0 Å². The highest BCUT2D eigenvalue weighted by Gasteiger charge is 2.32. The number of nitrogens with one attached hydrogen (secondary N) is 4. The van der Waals surface area contributed by atoms with E-state index in [1.165, 1.54) is 0 Å². The summed E-state index contributed by atoms with van der Waals surface area (Å²) in [7, 11) is 0. The molecule has 11 N–H and O–H groups in total. The molecule has 0 aliphatic rings. The minimum atomic E-state index is -1.73. The lowest BCUT2D eigenvalue weighted by atomic mass is 10.0. The molecule has 4 atom stereocenters. The average molecular weight is 535 g/mol. The molecule has 15 heteroatoms. The molecule has 4 unspecified atom stereocenters. The minimum Gasteiger partial charge on any atom is -0.481 e. The van der Waals surface area contributed by atoms with Crippen LogP contribution in [0.4, 0.5) is 0 Å². The van der Waals surface area contributed by atoms with Gasteiger partial charge >= 0.3 is 11.9 Å². The number of aliphatic hydroxyl groups is 1. The van der Waals surface area contributed by atoms with Gasteiger partial charge in [0.15, 0.2) is 0 Å². The van der Waals surface area contributed by atoms with Gasteiger partial charge in [-0.05, 0) is 18.1 Å². The molecule has 1 heterocycles. The smallest absolute Gasteiger partial charge is 0.326 e. The molecule has 206 valence electrons. The molecule has 0 fully saturated rings. The molecule has 38 heavy (non-hydrogen) atoms. The molecule has 0 bridgehead atoms. The molecule has 1 aromatic carbocycles. The highest BCUT2D eigenvalue weighted by atomic mass is 16.4. The molecule has 0 saturated heterocycles. The van der Waals surface area contributed by atoms with Crippen LogP contribution < -0.4 is 27.4 Å². The van der Waals surface area contributed by atoms with Gasteiger partial charge in [0.25, 0.3) is 0 Å². The second-order valence-corrected chi connectivity index (χ2v) is 8.48. The van der Waals surface area contributed by atoms with Crippen molar-refractivity contribution in [2.45, 2.75) is 49.9 Å². The van der Waals surface area contributed by atoms with E-state index in [0.717, 1.165) is 10.9 Å². The maximum absolute atomic E-state index is 12.9. The van der Waals surface area contributed by atoms with Crippen molar-refractivity contribution in [1.82, 2.24) is 20.9 Å². The number of carbonyl (C=O) groups is 6. The molecule has 2 aromatic rings. The van der Waals surface area contributed by atoms with Crippen molar-refractivity contribution in [3.8, 4) is 0 Å². The molecular formula is C23H30N6O9. The number of aromatic nitrogens is 1. The molecular weight excluding hydrogens is 504 g/mol. The fourth-order valence-corrected chi connectivity index (χ4v) is 3.57. The normalized spacial score (nSPS) is 14.1. The van der Waals surface area contributed by atoms with Crippen LogP contribution in [0.3, 0.4) is 0 Å². The molecule has 0 spiro atoms. The Kier molecular flexibility index (Phi) is 10.7. The summed E-state index contributed by atoms with van der Waals surface area (Å²) in [5.74, 6) is -6.76. The lowest BCUT2D eigenvalue weighted by Crippen LogP contribution is -2.58. The Morgan fingerprint density at radius 3 is 2.11 bits per heavy atom. The zero-order valence-electron chi connectivity index (χ0n) is 20.2. The molecule has 2 rings (SSSR count). The first-order valence-corrected chi connectivity index (χ1v) is 11.5. The Bertz CT molecular complexity index is 1200. The van der Waals surface area contributed by atoms with Crippen LogP contribution in [0.15, 0.2) is 30.5 Å². The first-order chi connectivity index (χ1) is 17.9. The van der Waals surface area contributed by atoms with E-state index in [2.05, 4.69) is 20.9 Å². The lowest BCUT2D eigenvalue weighted by Gasteiger charge is -2.24. The van der Waals surface area contributed by atoms with E-state index in [-0.39, 0.29) is 19.3 Å². The van der Waals surface area contributed by atoms with Gasteiger partial charge in [-0.2, -0.15) is 0 Å². The standard InChI is InChI=1S/C23H30N6O9/c24-13(10-30)20(34)27-15(5-6-18(25)31)21(35)28-16(8-19(32)33)22(36)29-17(23(37)38)7-11-9-26-14-4-2-1-3-12(11)14/h1-4,9,13,15-17,26,30H,5-8,10,24H2,(H2,25,31)(H,27,34)(H,28,35)(H,29,36)(H,32,33)(H,37,38). The van der Waals surface area contributed by atoms with E-state index < -0.39 is 72.8 Å². The van der Waals surface area contributed by atoms with Crippen molar-refractivity contribution >= 4 is 46.5 Å². The molecule has 1 aromatic heterocycles. The Balaban J connectivity index is 2.19. The van der Waals surface area contributed by atoms with Crippen molar-refractivity contribution in [2.75, 3.05) is 6.61 Å². The Morgan fingerprint density at radius 1 is 0.895 bits per heavy atom. The zero-order valence-corrected chi connectivity index (χ0v) is 20.2. The van der Waals surface area contributed by atoms with E-state index in [4.69, 9.17) is 16.6 Å². The van der Waals surface area contributed by atoms with Crippen molar-refractivity contribution in [3.05, 3.63) is 36.0 Å². The highest BCUT2D eigenvalue weighted by molar-refractivity contribution is 5.96. The molecule has 0 radical (unpaired) electrons. The number of fused-ring (bicyclic) bond motifs is 1. The van der Waals surface area contributed by atoms with E-state index in [1.54, 1.807) is 30.5 Å². The summed E-state index contributed by atoms with van der Waals surface area (Å²) in [4.78, 5) is 75.3. The number of carbonyl (C=O) groups excluding carboxylic acids is 4. The number of nitrogens with two attached hydrogens (primary N) is 2. The highest BCUT2D eigenvalue weighted by Crippen LogP contribution is 2.19. The second kappa shape index (κ2) is 13.7. The van der Waals surface area contributed by atoms with Crippen molar-refractivity contribution < 1.29 is 44.1 Å². The average Bonchev–Trinajstić information content (AvgIpc) is 3.27. The quantitative estimate of drug-likeness (QED) is 0.114. The Labute approximate surface area is 215 Å². The van der Waals surface area contributed by atoms with Gasteiger partial charge in [-0.1, -0.05) is 18.2 Å². The summed E-state index contributed by atoms with van der Waals surface area (Å²) in [5, 5.41) is 35.3. The van der Waals surface area contributed by atoms with Gasteiger partial charge < -0.3 is 47.7 Å². The van der Waals surface area contributed by atoms with Crippen LogP contribution in [0.2, 0.25) is 0 Å². The molecule has 15 nitrogen and oxygen atoms in total. The van der Waals surface area contributed by atoms with E-state index >= 15 is 0 Å². The van der Waals surface area contributed by atoms with Crippen molar-refractivity contribution in [3.63, 3.8) is 0 Å². The number of aliphatic carboxylic acids is 2. The first kappa shape index (κ1) is 29.7. The largest absolute Gasteiger partial charge is 0.481 e. The first-order valence-electron chi connectivity index (χ1n) is 11.5. The number of rotatable bonds is 15. The predicted octanol–water partition coefficient (Wildman–Crippen LogP) is -2.69. The Morgan fingerprint density at radius 2 is 1.50 bits per heavy atom. The van der Waals surface area contributed by atoms with Gasteiger partial charge in [-0.25, -0.2) is 4.79 Å². The third kappa shape index (κ3) is 8.56. The van der Waals surface area contributed by atoms with E-state index in [9.17, 15) is 39.0 Å². The topological polar surface area (TPSA) is 267 Å². The summed E-state index contributed by atoms with van der Waals surface area (Å²) in [5.41, 5.74) is 11.9. The van der Waals surface area contributed by atoms with E-state index in [0.29, 0.717) is 5.56 Å². The minimum absolute atomic E-state index is 0.144. The van der Waals surface area contributed by atoms with Gasteiger partial charge in [0.2, 0.25) is 23.6 Å². The number of primary amides is 1. The number of para-hydroxylation sites is 1. The summed E-state index contributed by atoms with van der Waals surface area (Å²) in [6.45, 7) is -0.743. The summed E-state index contributed by atoms with van der Waals surface area (Å²) in [6.07, 6.45) is -0.135. The van der Waals surface area contributed by atoms with Crippen LogP contribution in [-0.4, -0.2) is 86.6 Å². The number of benzene rings is 1. The predicted molar refractivity (Wildman–Crippen MR) is 131 cm³/mol. The van der Waals surface area contributed by atoms with Gasteiger partial charge in [-0.3, -0.25) is 24.0 Å². The number of amides is 4. The number of aliphatic hydroxyl groups excluding tert-OH is 1. The van der Waals surface area contributed by atoms with Crippen LogP contribution in [0.5, 0.6) is 0 Å². The van der Waals surface area contributed by atoms with Gasteiger partial charge in [0, 0.05) is 29.9 Å². The lowest BCUT2D eigenvalue weighted by molar-refractivity contribution is -0.143. The number of H-pyrrole nitrogens is 1. The molecule has 0 aliphatic carbocycles. The maximum Gasteiger partial charge on any atom is 0.326 e. The fraction of sp³-hybridized carbons (Fsp3) is 0.391. The Hall–Kier alpha value is -4.50. The van der Waals surface area contributed by atoms with Crippen LogP contribution in [0.25, 0.3) is 10.9 Å². The number of carboxylic acids is 2. The van der Waals surface area contributed by atoms with Crippen molar-refractivity contribution in [1.29, 1.82) is 0 Å². The number of hydrogen-bond acceptors (Lipinski definition) is 8. The van der Waals surface area contributed by atoms with Crippen LogP contribution in [-0.2, 0) is 35.2 Å². The summed E-state index contributed by atoms with van der Waals surface area (Å²) in [6, 6.07) is 1.04. The summed E-state index contributed by atoms with van der Waals surface area (Å²) < 4.78 is 0. The maximum atomic E-state index is 12.9. The number of carboxylic acid groups (broad SMARTS) is 2. The van der Waals surface area contributed by atoms with Crippen LogP contribution >= 0.6 is 0 Å². The number of hydrogen-bond donors (Lipinski definition) is 9.